The van der Waals surface area contributed by atoms with Gasteiger partial charge in [0.15, 0.2) is 0 Å². The second-order valence-corrected chi connectivity index (χ2v) is 11.5. The summed E-state index contributed by atoms with van der Waals surface area (Å²) in [6.07, 6.45) is 10.3. The van der Waals surface area contributed by atoms with Gasteiger partial charge < -0.3 is 24.4 Å². The maximum Gasteiger partial charge on any atom is 0.254 e. The number of hydrogen-bond donors (Lipinski definition) is 1. The van der Waals surface area contributed by atoms with Crippen molar-refractivity contribution in [3.05, 3.63) is 64.5 Å². The molecule has 0 unspecified atom stereocenters. The van der Waals surface area contributed by atoms with Crippen LogP contribution in [0.25, 0.3) is 0 Å². The minimum Gasteiger partial charge on any atom is -0.379 e. The summed E-state index contributed by atoms with van der Waals surface area (Å²) in [5, 5.41) is 3.78. The molecule has 212 valence electrons. The number of nitrogens with zero attached hydrogens (tertiary/aromatic N) is 2. The molecule has 3 aliphatic heterocycles. The Balaban J connectivity index is 1.13. The number of pyridine rings is 1. The van der Waals surface area contributed by atoms with E-state index >= 15 is 0 Å². The van der Waals surface area contributed by atoms with Gasteiger partial charge in [0.2, 0.25) is 0 Å². The van der Waals surface area contributed by atoms with Crippen molar-refractivity contribution in [2.24, 2.45) is 0 Å². The lowest BCUT2D eigenvalue weighted by Gasteiger charge is -2.38. The van der Waals surface area contributed by atoms with Crippen LogP contribution in [0.2, 0.25) is 0 Å². The first-order valence-electron chi connectivity index (χ1n) is 14.8. The van der Waals surface area contributed by atoms with Crippen molar-refractivity contribution in [3.8, 4) is 0 Å². The number of hydrogen-bond acceptors (Lipinski definition) is 6. The molecule has 4 atom stereocenters. The van der Waals surface area contributed by atoms with Gasteiger partial charge in [-0.2, -0.15) is 0 Å². The Bertz CT molecular complexity index is 1080. The van der Waals surface area contributed by atoms with E-state index in [0.717, 1.165) is 81.5 Å². The molecular formula is C32H45N3O4. The molecule has 0 radical (unpaired) electrons. The van der Waals surface area contributed by atoms with Gasteiger partial charge in [-0.25, -0.2) is 0 Å². The van der Waals surface area contributed by atoms with Crippen LogP contribution in [0.15, 0.2) is 36.5 Å². The molecule has 0 spiro atoms. The Kier molecular flexibility index (Phi) is 9.66. The average Bonchev–Trinajstić information content (AvgIpc) is 2.97. The van der Waals surface area contributed by atoms with Crippen LogP contribution in [-0.2, 0) is 20.6 Å². The lowest BCUT2D eigenvalue weighted by molar-refractivity contribution is -0.0547. The van der Waals surface area contributed by atoms with Crippen LogP contribution in [0, 0.1) is 13.8 Å². The molecule has 0 aliphatic carbocycles. The largest absolute Gasteiger partial charge is 0.379 e. The predicted molar refractivity (Wildman–Crippen MR) is 152 cm³/mol. The van der Waals surface area contributed by atoms with Crippen LogP contribution >= 0.6 is 0 Å². The molecule has 0 bridgehead atoms. The monoisotopic (exact) mass is 535 g/mol. The molecule has 3 aliphatic rings. The lowest BCUT2D eigenvalue weighted by atomic mass is 9.94. The first-order valence-corrected chi connectivity index (χ1v) is 14.8. The summed E-state index contributed by atoms with van der Waals surface area (Å²) in [6, 6.07) is 11.3. The van der Waals surface area contributed by atoms with Crippen molar-refractivity contribution in [2.45, 2.75) is 95.6 Å². The standard InChI is InChI=1S/C32H45N3O4/c1-22-7-9-24(10-8-22)30-6-4-5-26(39-30)11-12-28-23(2)27(13-17-33-28)32(36)35-18-14-25(15-19-35)34-29-16-20-38-21-31(29)37-3/h7-10,13,17,25-26,29-31,34H,4-6,11-12,14-16,18-21H2,1-3H3/t26-,29-,30+,31+/m1/s1. The molecule has 3 saturated heterocycles. The second kappa shape index (κ2) is 13.4. The van der Waals surface area contributed by atoms with Gasteiger partial charge in [0.1, 0.15) is 0 Å². The van der Waals surface area contributed by atoms with E-state index in [1.165, 1.54) is 17.5 Å². The fourth-order valence-corrected chi connectivity index (χ4v) is 6.36. The van der Waals surface area contributed by atoms with Gasteiger partial charge in [0, 0.05) is 56.3 Å². The van der Waals surface area contributed by atoms with Crippen molar-refractivity contribution in [2.75, 3.05) is 33.4 Å². The molecule has 7 heteroatoms. The molecule has 39 heavy (non-hydrogen) atoms. The second-order valence-electron chi connectivity index (χ2n) is 11.5. The molecule has 2 aromatic rings. The summed E-state index contributed by atoms with van der Waals surface area (Å²) in [4.78, 5) is 20.2. The Hall–Kier alpha value is -2.32. The summed E-state index contributed by atoms with van der Waals surface area (Å²) >= 11 is 0. The van der Waals surface area contributed by atoms with Gasteiger partial charge in [-0.1, -0.05) is 29.8 Å². The summed E-state index contributed by atoms with van der Waals surface area (Å²) in [7, 11) is 1.75. The van der Waals surface area contributed by atoms with Crippen molar-refractivity contribution in [3.63, 3.8) is 0 Å². The van der Waals surface area contributed by atoms with Gasteiger partial charge in [0.25, 0.3) is 5.91 Å². The Morgan fingerprint density at radius 2 is 1.87 bits per heavy atom. The van der Waals surface area contributed by atoms with Gasteiger partial charge >= 0.3 is 0 Å². The predicted octanol–water partition coefficient (Wildman–Crippen LogP) is 4.94. The average molecular weight is 536 g/mol. The van der Waals surface area contributed by atoms with Crippen LogP contribution in [0.5, 0.6) is 0 Å². The van der Waals surface area contributed by atoms with Gasteiger partial charge in [-0.3, -0.25) is 9.78 Å². The first-order chi connectivity index (χ1) is 19.0. The minimum absolute atomic E-state index is 0.101. The van der Waals surface area contributed by atoms with Crippen LogP contribution in [-0.4, -0.2) is 73.5 Å². The van der Waals surface area contributed by atoms with Crippen molar-refractivity contribution in [1.29, 1.82) is 0 Å². The fraction of sp³-hybridized carbons (Fsp3) is 0.625. The van der Waals surface area contributed by atoms with Gasteiger partial charge in [0.05, 0.1) is 24.9 Å². The SMILES string of the molecule is CO[C@H]1COCC[C@H]1NC1CCN(C(=O)c2ccnc(CC[C@H]3CCC[C@@H](c4ccc(C)cc4)O3)c2C)CC1. The van der Waals surface area contributed by atoms with Crippen LogP contribution in [0.1, 0.15) is 83.8 Å². The van der Waals surface area contributed by atoms with E-state index in [4.69, 9.17) is 14.2 Å². The topological polar surface area (TPSA) is 72.9 Å². The zero-order chi connectivity index (χ0) is 27.2. The molecule has 1 aromatic carbocycles. The maximum absolute atomic E-state index is 13.5. The molecule has 7 nitrogen and oxygen atoms in total. The van der Waals surface area contributed by atoms with E-state index in [1.54, 1.807) is 13.3 Å². The zero-order valence-corrected chi connectivity index (χ0v) is 23.9. The summed E-state index contributed by atoms with van der Waals surface area (Å²) in [6.45, 7) is 7.13. The highest BCUT2D eigenvalue weighted by atomic mass is 16.5. The number of piperidine rings is 1. The van der Waals surface area contributed by atoms with E-state index < -0.39 is 0 Å². The number of aromatic nitrogens is 1. The molecule has 4 heterocycles. The number of carbonyl (C=O) groups is 1. The first kappa shape index (κ1) is 28.2. The summed E-state index contributed by atoms with van der Waals surface area (Å²) in [5.41, 5.74) is 5.37. The number of nitrogens with one attached hydrogen (secondary N) is 1. The molecule has 0 saturated carbocycles. The quantitative estimate of drug-likeness (QED) is 0.516. The fourth-order valence-electron chi connectivity index (χ4n) is 6.36. The van der Waals surface area contributed by atoms with Gasteiger partial charge in [-0.15, -0.1) is 0 Å². The number of methoxy groups -OCH3 is 1. The number of rotatable bonds is 8. The van der Waals surface area contributed by atoms with Crippen molar-refractivity contribution < 1.29 is 19.0 Å². The highest BCUT2D eigenvalue weighted by molar-refractivity contribution is 5.95. The molecule has 3 fully saturated rings. The molecule has 1 aromatic heterocycles. The van der Waals surface area contributed by atoms with E-state index in [9.17, 15) is 4.79 Å². The maximum atomic E-state index is 13.5. The third kappa shape index (κ3) is 7.07. The van der Waals surface area contributed by atoms with E-state index in [2.05, 4.69) is 48.4 Å². The molecular weight excluding hydrogens is 490 g/mol. The van der Waals surface area contributed by atoms with E-state index in [1.807, 2.05) is 11.0 Å². The van der Waals surface area contributed by atoms with Crippen LogP contribution in [0.4, 0.5) is 0 Å². The highest BCUT2D eigenvalue weighted by Gasteiger charge is 2.31. The van der Waals surface area contributed by atoms with Gasteiger partial charge in [-0.05, 0) is 82.4 Å². The normalized spacial score (nSPS) is 26.5. The zero-order valence-electron chi connectivity index (χ0n) is 23.9. The molecule has 5 rings (SSSR count). The number of carbonyl (C=O) groups excluding carboxylic acids is 1. The number of ether oxygens (including phenoxy) is 3. The van der Waals surface area contributed by atoms with Crippen LogP contribution < -0.4 is 5.32 Å². The number of aryl methyl sites for hydroxylation is 2. The van der Waals surface area contributed by atoms with E-state index in [-0.39, 0.29) is 24.2 Å². The highest BCUT2D eigenvalue weighted by Crippen LogP contribution is 2.33. The number of benzene rings is 1. The summed E-state index contributed by atoms with van der Waals surface area (Å²) < 4.78 is 17.7. The third-order valence-corrected chi connectivity index (χ3v) is 8.88. The van der Waals surface area contributed by atoms with Crippen molar-refractivity contribution in [1.82, 2.24) is 15.2 Å². The Morgan fingerprint density at radius 3 is 2.64 bits per heavy atom. The smallest absolute Gasteiger partial charge is 0.254 e. The number of likely N-dealkylation sites (tertiary alicyclic amines) is 1. The Morgan fingerprint density at radius 1 is 1.08 bits per heavy atom. The number of amides is 1. The minimum atomic E-state index is 0.101. The van der Waals surface area contributed by atoms with Crippen molar-refractivity contribution >= 4 is 5.91 Å². The Labute approximate surface area is 233 Å². The molecule has 1 amide bonds. The lowest BCUT2D eigenvalue weighted by Crippen LogP contribution is -2.54. The third-order valence-electron chi connectivity index (χ3n) is 8.88. The summed E-state index contributed by atoms with van der Waals surface area (Å²) in [5.74, 6) is 0.129. The van der Waals surface area contributed by atoms with Crippen LogP contribution in [0.3, 0.4) is 0 Å². The molecule has 1 N–H and O–H groups in total. The van der Waals surface area contributed by atoms with E-state index in [0.29, 0.717) is 18.7 Å².